The normalized spacial score (nSPS) is 21.2. The van der Waals surface area contributed by atoms with E-state index < -0.39 is 42.4 Å². The SMILES string of the molecule is CN[C@@H](C)C(=O)N[C@H](C(=O)N1CC[C@@H](O)C[C@H]1CCN(CCc1ccccc1)C(=O)c1ccc(-c2ccc(C(=O)N(CCc3ccccc3)C[C@@H]3C[C@H](O)CCN3C(=O)[C@@H](NC(=O)[C@H](C)NC)C3CCCCC3)cc2)cc1)C1CCCCC1. The lowest BCUT2D eigenvalue weighted by Gasteiger charge is -2.43. The Bertz CT molecular complexity index is 2720. The molecule has 16 heteroatoms. The van der Waals surface area contributed by atoms with Crippen molar-refractivity contribution in [2.75, 3.05) is 53.4 Å². The van der Waals surface area contributed by atoms with Gasteiger partial charge in [-0.2, -0.15) is 0 Å². The molecule has 4 aromatic rings. The lowest BCUT2D eigenvalue weighted by Crippen LogP contribution is -2.61. The molecule has 6 amide bonds. The van der Waals surface area contributed by atoms with Crippen molar-refractivity contribution in [1.82, 2.24) is 40.9 Å². The molecular formula is C67H92N8O8. The third-order valence-electron chi connectivity index (χ3n) is 18.3. The molecule has 8 atom stereocenters. The maximum atomic E-state index is 14.8. The number of likely N-dealkylation sites (N-methyl/N-ethyl adjacent to an activating group) is 2. The molecule has 83 heavy (non-hydrogen) atoms. The average molecular weight is 1140 g/mol. The van der Waals surface area contributed by atoms with Crippen molar-refractivity contribution in [3.63, 3.8) is 0 Å². The highest BCUT2D eigenvalue weighted by atomic mass is 16.3. The highest BCUT2D eigenvalue weighted by molar-refractivity contribution is 5.96. The Morgan fingerprint density at radius 3 is 1.34 bits per heavy atom. The molecule has 448 valence electrons. The minimum Gasteiger partial charge on any atom is -0.393 e. The zero-order chi connectivity index (χ0) is 58.8. The van der Waals surface area contributed by atoms with Gasteiger partial charge in [-0.3, -0.25) is 28.8 Å². The smallest absolute Gasteiger partial charge is 0.253 e. The van der Waals surface area contributed by atoms with Gasteiger partial charge in [0.25, 0.3) is 11.8 Å². The summed E-state index contributed by atoms with van der Waals surface area (Å²) < 4.78 is 0. The molecule has 0 aromatic heterocycles. The van der Waals surface area contributed by atoms with Crippen molar-refractivity contribution in [1.29, 1.82) is 0 Å². The summed E-state index contributed by atoms with van der Waals surface area (Å²) in [5, 5.41) is 34.3. The standard InChI is InChI=1S/C67H92N8O8/c1-46(68-3)62(78)70-60(52-21-13-7-14-22-52)66(82)74-41-36-58(76)43-56(74)35-40-72(38-33-48-17-9-5-10-18-48)64(80)54-29-25-50(26-30-54)51-27-31-55(32-28-51)65(81)73(39-34-49-19-11-6-12-20-49)45-57-44-59(77)37-42-75(57)67(83)61(53-23-15-8-16-24-53)71-63(79)47(2)69-4/h5-6,9-12,17-20,25-32,46-47,52-53,56-61,68-69,76-77H,7-8,13-16,21-24,33-45H2,1-4H3,(H,70,78)(H,71,79)/t46-,47-,56+,57-,58+,59+,60-,61-/m0/s1. The van der Waals surface area contributed by atoms with Crippen LogP contribution in [0, 0.1) is 11.8 Å². The summed E-state index contributed by atoms with van der Waals surface area (Å²) in [4.78, 5) is 92.9. The summed E-state index contributed by atoms with van der Waals surface area (Å²) in [6.45, 7) is 5.66. The van der Waals surface area contributed by atoms with Crippen LogP contribution >= 0.6 is 0 Å². The monoisotopic (exact) mass is 1140 g/mol. The molecule has 0 radical (unpaired) electrons. The van der Waals surface area contributed by atoms with Crippen molar-refractivity contribution in [2.45, 2.75) is 171 Å². The number of aliphatic hydroxyl groups excluding tert-OH is 2. The summed E-state index contributed by atoms with van der Waals surface area (Å²) in [6, 6.07) is 31.9. The van der Waals surface area contributed by atoms with Gasteiger partial charge in [0, 0.05) is 56.4 Å². The van der Waals surface area contributed by atoms with Crippen molar-refractivity contribution in [3.8, 4) is 11.1 Å². The fraction of sp³-hybridized carbons (Fsp3) is 0.552. The second kappa shape index (κ2) is 30.9. The van der Waals surface area contributed by atoms with Crippen LogP contribution in [0.5, 0.6) is 0 Å². The Balaban J connectivity index is 0.980. The molecule has 2 aliphatic heterocycles. The minimum absolute atomic E-state index is 0.00180. The number of aliphatic hydroxyl groups is 2. The number of hydrogen-bond acceptors (Lipinski definition) is 10. The predicted octanol–water partition coefficient (Wildman–Crippen LogP) is 7.16. The molecule has 2 aliphatic carbocycles. The van der Waals surface area contributed by atoms with E-state index in [2.05, 4.69) is 21.3 Å². The van der Waals surface area contributed by atoms with Crippen molar-refractivity contribution >= 4 is 35.4 Å². The van der Waals surface area contributed by atoms with Crippen LogP contribution in [0.3, 0.4) is 0 Å². The molecule has 2 heterocycles. The molecule has 16 nitrogen and oxygen atoms in total. The van der Waals surface area contributed by atoms with Gasteiger partial charge in [0.05, 0.1) is 30.3 Å². The Hall–Kier alpha value is -6.46. The number of nitrogens with zero attached hydrogens (tertiary/aromatic N) is 4. The third-order valence-corrected chi connectivity index (χ3v) is 18.3. The van der Waals surface area contributed by atoms with Gasteiger partial charge >= 0.3 is 0 Å². The lowest BCUT2D eigenvalue weighted by atomic mass is 9.82. The largest absolute Gasteiger partial charge is 0.393 e. The van der Waals surface area contributed by atoms with Gasteiger partial charge in [-0.05, 0) is 157 Å². The second-order valence-corrected chi connectivity index (χ2v) is 24.0. The minimum atomic E-state index is -0.699. The molecule has 6 N–H and O–H groups in total. The Morgan fingerprint density at radius 1 is 0.506 bits per heavy atom. The van der Waals surface area contributed by atoms with Gasteiger partial charge in [0.1, 0.15) is 12.1 Å². The maximum absolute atomic E-state index is 14.8. The number of benzene rings is 4. The van der Waals surface area contributed by atoms with Crippen LogP contribution in [0.15, 0.2) is 109 Å². The molecule has 0 bridgehead atoms. The molecule has 0 spiro atoms. The lowest BCUT2D eigenvalue weighted by molar-refractivity contribution is -0.144. The average Bonchev–Trinajstić information content (AvgIpc) is 3.65. The number of piperidine rings is 2. The molecule has 2 saturated heterocycles. The van der Waals surface area contributed by atoms with Gasteiger partial charge in [-0.25, -0.2) is 0 Å². The fourth-order valence-electron chi connectivity index (χ4n) is 12.9. The molecule has 8 rings (SSSR count). The number of hydrogen-bond donors (Lipinski definition) is 6. The molecule has 4 aromatic carbocycles. The summed E-state index contributed by atoms with van der Waals surface area (Å²) in [5.41, 5.74) is 4.88. The van der Waals surface area contributed by atoms with E-state index in [9.17, 15) is 39.0 Å². The van der Waals surface area contributed by atoms with Crippen LogP contribution in [0.1, 0.15) is 142 Å². The van der Waals surface area contributed by atoms with Crippen molar-refractivity contribution < 1.29 is 39.0 Å². The zero-order valence-corrected chi connectivity index (χ0v) is 49.6. The van der Waals surface area contributed by atoms with Gasteiger partial charge in [-0.1, -0.05) is 123 Å². The van der Waals surface area contributed by atoms with E-state index in [1.807, 2.05) is 124 Å². The van der Waals surface area contributed by atoms with Crippen LogP contribution in [0.2, 0.25) is 0 Å². The van der Waals surface area contributed by atoms with E-state index in [0.29, 0.717) is 88.8 Å². The Labute approximate surface area is 492 Å². The van der Waals surface area contributed by atoms with E-state index in [-0.39, 0.29) is 59.9 Å². The molecule has 0 unspecified atom stereocenters. The first-order chi connectivity index (χ1) is 40.2. The van der Waals surface area contributed by atoms with E-state index in [1.165, 1.54) is 0 Å². The number of rotatable bonds is 24. The number of nitrogens with one attached hydrogen (secondary N) is 4. The highest BCUT2D eigenvalue weighted by Crippen LogP contribution is 2.32. The van der Waals surface area contributed by atoms with E-state index in [4.69, 9.17) is 0 Å². The van der Waals surface area contributed by atoms with Crippen LogP contribution in [0.4, 0.5) is 0 Å². The topological polar surface area (TPSA) is 204 Å². The van der Waals surface area contributed by atoms with Gasteiger partial charge < -0.3 is 51.1 Å². The van der Waals surface area contributed by atoms with Crippen molar-refractivity contribution in [2.24, 2.45) is 11.8 Å². The number of carbonyl (C=O) groups excluding carboxylic acids is 6. The maximum Gasteiger partial charge on any atom is 0.253 e. The Kier molecular flexibility index (Phi) is 23.3. The van der Waals surface area contributed by atoms with Crippen LogP contribution in [-0.2, 0) is 32.0 Å². The number of carbonyl (C=O) groups is 6. The first kappa shape index (κ1) is 62.6. The summed E-state index contributed by atoms with van der Waals surface area (Å²) in [6.07, 6.45) is 11.7. The highest BCUT2D eigenvalue weighted by Gasteiger charge is 2.42. The molecular weight excluding hydrogens is 1040 g/mol. The van der Waals surface area contributed by atoms with Gasteiger partial charge in [0.2, 0.25) is 23.6 Å². The van der Waals surface area contributed by atoms with E-state index in [0.717, 1.165) is 86.5 Å². The van der Waals surface area contributed by atoms with E-state index in [1.54, 1.807) is 32.8 Å². The fourth-order valence-corrected chi connectivity index (χ4v) is 12.9. The predicted molar refractivity (Wildman–Crippen MR) is 324 cm³/mol. The first-order valence-corrected chi connectivity index (χ1v) is 31.0. The quantitative estimate of drug-likeness (QED) is 0.0418. The van der Waals surface area contributed by atoms with Gasteiger partial charge in [-0.15, -0.1) is 0 Å². The first-order valence-electron chi connectivity index (χ1n) is 31.0. The summed E-state index contributed by atoms with van der Waals surface area (Å²) in [5.74, 6) is -1.00. The van der Waals surface area contributed by atoms with Crippen LogP contribution < -0.4 is 21.3 Å². The Morgan fingerprint density at radius 2 is 0.904 bits per heavy atom. The molecule has 4 fully saturated rings. The zero-order valence-electron chi connectivity index (χ0n) is 49.6. The molecule has 2 saturated carbocycles. The third kappa shape index (κ3) is 17.1. The summed E-state index contributed by atoms with van der Waals surface area (Å²) >= 11 is 0. The van der Waals surface area contributed by atoms with Crippen LogP contribution in [0.25, 0.3) is 11.1 Å². The summed E-state index contributed by atoms with van der Waals surface area (Å²) in [7, 11) is 3.45. The van der Waals surface area contributed by atoms with Crippen LogP contribution in [-0.4, -0.2) is 167 Å². The number of amides is 6. The molecule has 4 aliphatic rings. The van der Waals surface area contributed by atoms with Gasteiger partial charge in [0.15, 0.2) is 0 Å². The van der Waals surface area contributed by atoms with Crippen molar-refractivity contribution in [3.05, 3.63) is 131 Å². The van der Waals surface area contributed by atoms with E-state index >= 15 is 0 Å². The second-order valence-electron chi connectivity index (χ2n) is 24.0. The number of likely N-dealkylation sites (tertiary alicyclic amines) is 2.